The Kier molecular flexibility index (Phi) is 5.77. The first kappa shape index (κ1) is 20.7. The Morgan fingerprint density at radius 2 is 1.87 bits per heavy atom. The monoisotopic (exact) mass is 438 g/mol. The molecule has 0 unspecified atom stereocenters. The van der Waals surface area contributed by atoms with Gasteiger partial charge in [0.25, 0.3) is 17.5 Å². The van der Waals surface area contributed by atoms with Crippen molar-refractivity contribution in [2.45, 2.75) is 13.8 Å². The number of thiophene rings is 1. The van der Waals surface area contributed by atoms with Gasteiger partial charge in [0.1, 0.15) is 5.82 Å². The molecule has 2 N–H and O–H groups in total. The number of aryl methyl sites for hydroxylation is 2. The standard InChI is InChI=1S/C22H19FN4O3S/c1-12-5-6-14(10-16(12)23)20(28)24-7-8-25-21(29)15-11-17(18-4-3-9-31-18)26-22-19(15)13(2)27-30-22/h3-6,9-11H,7-8H2,1-2H3,(H,24,28)(H,25,29). The van der Waals surface area contributed by atoms with Gasteiger partial charge in [-0.25, -0.2) is 9.37 Å². The zero-order valence-corrected chi connectivity index (χ0v) is 17.7. The molecule has 0 radical (unpaired) electrons. The topological polar surface area (TPSA) is 97.1 Å². The molecule has 0 saturated carbocycles. The molecule has 0 saturated heterocycles. The van der Waals surface area contributed by atoms with Crippen molar-refractivity contribution in [2.75, 3.05) is 13.1 Å². The number of hydrogen-bond donors (Lipinski definition) is 2. The van der Waals surface area contributed by atoms with Crippen LogP contribution in [0.5, 0.6) is 0 Å². The maximum Gasteiger partial charge on any atom is 0.259 e. The van der Waals surface area contributed by atoms with Crippen molar-refractivity contribution in [2.24, 2.45) is 0 Å². The summed E-state index contributed by atoms with van der Waals surface area (Å²) in [4.78, 5) is 30.4. The van der Waals surface area contributed by atoms with E-state index in [2.05, 4.69) is 20.8 Å². The summed E-state index contributed by atoms with van der Waals surface area (Å²) in [6, 6.07) is 9.82. The number of pyridine rings is 1. The second kappa shape index (κ2) is 8.65. The van der Waals surface area contributed by atoms with Gasteiger partial charge in [-0.3, -0.25) is 9.59 Å². The van der Waals surface area contributed by atoms with Crippen molar-refractivity contribution in [3.63, 3.8) is 0 Å². The molecule has 0 bridgehead atoms. The van der Waals surface area contributed by atoms with Crippen LogP contribution in [-0.2, 0) is 0 Å². The van der Waals surface area contributed by atoms with Crippen LogP contribution in [0.1, 0.15) is 32.0 Å². The molecule has 1 aromatic carbocycles. The Hall–Kier alpha value is -3.59. The van der Waals surface area contributed by atoms with Crippen molar-refractivity contribution in [1.29, 1.82) is 0 Å². The quantitative estimate of drug-likeness (QED) is 0.446. The molecular formula is C22H19FN4O3S. The van der Waals surface area contributed by atoms with Gasteiger partial charge < -0.3 is 15.2 Å². The Morgan fingerprint density at radius 1 is 1.10 bits per heavy atom. The van der Waals surface area contributed by atoms with E-state index in [-0.39, 0.29) is 24.6 Å². The summed E-state index contributed by atoms with van der Waals surface area (Å²) in [5.74, 6) is -1.17. The molecule has 7 nitrogen and oxygen atoms in total. The van der Waals surface area contributed by atoms with Gasteiger partial charge in [0.05, 0.1) is 27.2 Å². The lowest BCUT2D eigenvalue weighted by Gasteiger charge is -2.09. The summed E-state index contributed by atoms with van der Waals surface area (Å²) >= 11 is 1.51. The second-order valence-electron chi connectivity index (χ2n) is 6.96. The van der Waals surface area contributed by atoms with E-state index >= 15 is 0 Å². The molecule has 0 aliphatic heterocycles. The number of benzene rings is 1. The van der Waals surface area contributed by atoms with Crippen molar-refractivity contribution >= 4 is 34.3 Å². The van der Waals surface area contributed by atoms with Crippen LogP contribution in [0.4, 0.5) is 4.39 Å². The van der Waals surface area contributed by atoms with Gasteiger partial charge >= 0.3 is 0 Å². The normalized spacial score (nSPS) is 10.9. The molecule has 4 rings (SSSR count). The van der Waals surface area contributed by atoms with E-state index in [1.807, 2.05) is 17.5 Å². The lowest BCUT2D eigenvalue weighted by molar-refractivity contribution is 0.0928. The Bertz CT molecular complexity index is 1270. The van der Waals surface area contributed by atoms with Crippen LogP contribution in [0.25, 0.3) is 21.7 Å². The molecule has 9 heteroatoms. The lowest BCUT2D eigenvalue weighted by Crippen LogP contribution is -2.34. The van der Waals surface area contributed by atoms with Gasteiger partial charge in [-0.2, -0.15) is 0 Å². The Morgan fingerprint density at radius 3 is 2.58 bits per heavy atom. The lowest BCUT2D eigenvalue weighted by atomic mass is 10.1. The van der Waals surface area contributed by atoms with Gasteiger partial charge in [-0.05, 0) is 49.1 Å². The van der Waals surface area contributed by atoms with Crippen molar-refractivity contribution < 1.29 is 18.5 Å². The second-order valence-corrected chi connectivity index (χ2v) is 7.90. The minimum Gasteiger partial charge on any atom is -0.350 e. The number of rotatable bonds is 6. The van der Waals surface area contributed by atoms with Crippen LogP contribution >= 0.6 is 11.3 Å². The number of carbonyl (C=O) groups is 2. The molecule has 158 valence electrons. The summed E-state index contributed by atoms with van der Waals surface area (Å²) in [5, 5.41) is 11.9. The van der Waals surface area contributed by atoms with Gasteiger partial charge in [0.15, 0.2) is 0 Å². The number of nitrogens with zero attached hydrogens (tertiary/aromatic N) is 2. The van der Waals surface area contributed by atoms with Crippen molar-refractivity contribution in [1.82, 2.24) is 20.8 Å². The molecule has 0 atom stereocenters. The van der Waals surface area contributed by atoms with Crippen molar-refractivity contribution in [3.05, 3.63) is 70.0 Å². The SMILES string of the molecule is Cc1ccc(C(=O)NCCNC(=O)c2cc(-c3cccs3)nc3onc(C)c23)cc1F. The number of aromatic nitrogens is 2. The fraction of sp³-hybridized carbons (Fsp3) is 0.182. The molecule has 2 amide bonds. The molecule has 3 aromatic heterocycles. The number of fused-ring (bicyclic) bond motifs is 1. The highest BCUT2D eigenvalue weighted by Gasteiger charge is 2.19. The zero-order valence-electron chi connectivity index (χ0n) is 16.9. The van der Waals surface area contributed by atoms with Crippen LogP contribution in [0.2, 0.25) is 0 Å². The summed E-state index contributed by atoms with van der Waals surface area (Å²) in [5.41, 5.74) is 2.59. The first-order valence-corrected chi connectivity index (χ1v) is 10.5. The van der Waals surface area contributed by atoms with Gasteiger partial charge in [0, 0.05) is 18.7 Å². The first-order valence-electron chi connectivity index (χ1n) is 9.57. The molecular weight excluding hydrogens is 419 g/mol. The first-order chi connectivity index (χ1) is 14.9. The van der Waals surface area contributed by atoms with E-state index in [0.29, 0.717) is 33.6 Å². The van der Waals surface area contributed by atoms with Gasteiger partial charge in [-0.15, -0.1) is 11.3 Å². The van der Waals surface area contributed by atoms with Gasteiger partial charge in [-0.1, -0.05) is 17.3 Å². The molecule has 0 aliphatic carbocycles. The third kappa shape index (κ3) is 4.31. The van der Waals surface area contributed by atoms with E-state index in [1.165, 1.54) is 17.4 Å². The van der Waals surface area contributed by atoms with Crippen LogP contribution in [0, 0.1) is 19.7 Å². The average molecular weight is 438 g/mol. The van der Waals surface area contributed by atoms with Crippen LogP contribution < -0.4 is 10.6 Å². The number of hydrogen-bond acceptors (Lipinski definition) is 6. The largest absolute Gasteiger partial charge is 0.350 e. The zero-order chi connectivity index (χ0) is 22.0. The third-order valence-electron chi connectivity index (χ3n) is 4.77. The number of amides is 2. The highest BCUT2D eigenvalue weighted by Crippen LogP contribution is 2.29. The smallest absolute Gasteiger partial charge is 0.259 e. The summed E-state index contributed by atoms with van der Waals surface area (Å²) in [7, 11) is 0. The van der Waals surface area contributed by atoms with Gasteiger partial charge in [0.2, 0.25) is 0 Å². The summed E-state index contributed by atoms with van der Waals surface area (Å²) in [6.07, 6.45) is 0. The van der Waals surface area contributed by atoms with E-state index in [4.69, 9.17) is 4.52 Å². The predicted octanol–water partition coefficient (Wildman–Crippen LogP) is 3.87. The highest BCUT2D eigenvalue weighted by molar-refractivity contribution is 7.13. The highest BCUT2D eigenvalue weighted by atomic mass is 32.1. The number of nitrogens with one attached hydrogen (secondary N) is 2. The Balaban J connectivity index is 1.44. The number of halogens is 1. The Labute approximate surface area is 181 Å². The maximum absolute atomic E-state index is 13.6. The van der Waals surface area contributed by atoms with E-state index in [9.17, 15) is 14.0 Å². The summed E-state index contributed by atoms with van der Waals surface area (Å²) < 4.78 is 18.9. The predicted molar refractivity (Wildman–Crippen MR) is 116 cm³/mol. The van der Waals surface area contributed by atoms with E-state index in [1.54, 1.807) is 32.0 Å². The molecule has 4 aromatic rings. The minimum atomic E-state index is -0.437. The van der Waals surface area contributed by atoms with Crippen LogP contribution in [0.3, 0.4) is 0 Å². The fourth-order valence-corrected chi connectivity index (χ4v) is 3.79. The van der Waals surface area contributed by atoms with Crippen LogP contribution in [0.15, 0.2) is 46.3 Å². The maximum atomic E-state index is 13.6. The minimum absolute atomic E-state index is 0.189. The van der Waals surface area contributed by atoms with Crippen LogP contribution in [-0.4, -0.2) is 35.0 Å². The van der Waals surface area contributed by atoms with Crippen molar-refractivity contribution in [3.8, 4) is 10.6 Å². The molecule has 0 fully saturated rings. The average Bonchev–Trinajstić information content (AvgIpc) is 3.42. The molecule has 0 spiro atoms. The molecule has 3 heterocycles. The molecule has 0 aliphatic rings. The summed E-state index contributed by atoms with van der Waals surface area (Å²) in [6.45, 7) is 3.76. The molecule has 31 heavy (non-hydrogen) atoms. The van der Waals surface area contributed by atoms with E-state index in [0.717, 1.165) is 4.88 Å². The number of carbonyl (C=O) groups excluding carboxylic acids is 2. The third-order valence-corrected chi connectivity index (χ3v) is 5.66. The fourth-order valence-electron chi connectivity index (χ4n) is 3.11. The van der Waals surface area contributed by atoms with E-state index < -0.39 is 11.7 Å².